The number of hydrogen-bond donors (Lipinski definition) is 2. The van der Waals surface area contributed by atoms with E-state index in [1.165, 1.54) is 31.6 Å². The van der Waals surface area contributed by atoms with Gasteiger partial charge in [-0.1, -0.05) is 0 Å². The molecule has 42 heavy (non-hydrogen) atoms. The number of carboxylic acid groups (broad SMARTS) is 2. The molecule has 0 bridgehead atoms. The van der Waals surface area contributed by atoms with Gasteiger partial charge in [0, 0.05) is 41.5 Å². The Balaban J connectivity index is 1.40. The zero-order valence-corrected chi connectivity index (χ0v) is 24.2. The zero-order chi connectivity index (χ0) is 30.4. The summed E-state index contributed by atoms with van der Waals surface area (Å²) >= 11 is 2.24. The first-order valence-electron chi connectivity index (χ1n) is 12.7. The highest BCUT2D eigenvalue weighted by Crippen LogP contribution is 2.40. The number of ether oxygens (including phenoxy) is 4. The Kier molecular flexibility index (Phi) is 9.91. The number of aromatic nitrogens is 1. The summed E-state index contributed by atoms with van der Waals surface area (Å²) in [5.74, 6) is -2.95. The zero-order valence-electron chi connectivity index (χ0n) is 22.6. The van der Waals surface area contributed by atoms with Gasteiger partial charge < -0.3 is 29.2 Å². The molecule has 2 N–H and O–H groups in total. The van der Waals surface area contributed by atoms with Gasteiger partial charge in [-0.15, -0.1) is 22.7 Å². The fourth-order valence-electron chi connectivity index (χ4n) is 3.93. The van der Waals surface area contributed by atoms with Crippen LogP contribution in [0, 0.1) is 5.82 Å². The van der Waals surface area contributed by atoms with Gasteiger partial charge in [0.05, 0.1) is 60.2 Å². The summed E-state index contributed by atoms with van der Waals surface area (Å²) in [5, 5.41) is 17.8. The first-order valence-corrected chi connectivity index (χ1v) is 14.3. The summed E-state index contributed by atoms with van der Waals surface area (Å²) in [6, 6.07) is 6.22. The molecule has 0 aliphatic carbocycles. The van der Waals surface area contributed by atoms with Crippen LogP contribution in [0.1, 0.15) is 51.4 Å². The molecule has 0 unspecified atom stereocenters. The minimum Gasteiger partial charge on any atom is -0.493 e. The molecule has 4 aromatic rings. The van der Waals surface area contributed by atoms with E-state index in [1.54, 1.807) is 18.2 Å². The van der Waals surface area contributed by atoms with Gasteiger partial charge in [-0.3, -0.25) is 19.2 Å². The van der Waals surface area contributed by atoms with Crippen molar-refractivity contribution in [3.05, 3.63) is 39.8 Å². The molecule has 0 saturated heterocycles. The number of aliphatic carboxylic acids is 2. The Bertz CT molecular complexity index is 1660. The van der Waals surface area contributed by atoms with Crippen LogP contribution in [0.15, 0.2) is 24.3 Å². The van der Waals surface area contributed by atoms with Crippen LogP contribution >= 0.6 is 22.7 Å². The lowest BCUT2D eigenvalue weighted by Gasteiger charge is -2.13. The van der Waals surface area contributed by atoms with E-state index in [0.29, 0.717) is 32.0 Å². The molecule has 0 aliphatic rings. The number of ketones is 2. The third kappa shape index (κ3) is 7.12. The van der Waals surface area contributed by atoms with Crippen LogP contribution in [0.3, 0.4) is 0 Å². The van der Waals surface area contributed by atoms with Gasteiger partial charge in [0.1, 0.15) is 0 Å². The van der Waals surface area contributed by atoms with Crippen LogP contribution in [0.2, 0.25) is 0 Å². The number of rotatable bonds is 16. The van der Waals surface area contributed by atoms with Crippen molar-refractivity contribution in [1.29, 1.82) is 0 Å². The number of carbonyl (C=O) groups is 4. The number of pyridine rings is 1. The number of halogens is 1. The molecule has 0 fully saturated rings. The molecule has 3 heterocycles. The second-order valence-corrected chi connectivity index (χ2v) is 11.1. The van der Waals surface area contributed by atoms with Gasteiger partial charge in [0.15, 0.2) is 34.6 Å². The van der Waals surface area contributed by atoms with Crippen molar-refractivity contribution in [2.24, 2.45) is 0 Å². The third-order valence-corrected chi connectivity index (χ3v) is 8.25. The normalized spacial score (nSPS) is 11.0. The summed E-state index contributed by atoms with van der Waals surface area (Å²) in [6.07, 6.45) is -0.539. The van der Waals surface area contributed by atoms with Crippen LogP contribution in [-0.4, -0.2) is 66.1 Å². The van der Waals surface area contributed by atoms with Crippen molar-refractivity contribution < 1.29 is 52.7 Å². The maximum absolute atomic E-state index is 15.4. The number of fused-ring (bicyclic) bond motifs is 2. The highest BCUT2D eigenvalue weighted by molar-refractivity contribution is 7.21. The number of methoxy groups -OCH3 is 2. The molecule has 4 rings (SSSR count). The SMILES string of the molecule is COc1cc2sc(C(=O)CCC(=O)O)cc2nc1OCCCOc1c(OC)cc2sc(C(=O)CCC(=O)O)cc2c1F. The minimum atomic E-state index is -1.09. The monoisotopic (exact) mass is 619 g/mol. The van der Waals surface area contributed by atoms with E-state index in [0.717, 1.165) is 11.3 Å². The van der Waals surface area contributed by atoms with Gasteiger partial charge in [0.25, 0.3) is 5.88 Å². The summed E-state index contributed by atoms with van der Waals surface area (Å²) in [5.41, 5.74) is 0.502. The summed E-state index contributed by atoms with van der Waals surface area (Å²) in [7, 11) is 2.82. The van der Waals surface area contributed by atoms with Gasteiger partial charge in [-0.25, -0.2) is 9.37 Å². The molecular formula is C28H26FNO10S2. The van der Waals surface area contributed by atoms with Gasteiger partial charge in [-0.05, 0) is 12.1 Å². The van der Waals surface area contributed by atoms with Crippen LogP contribution in [0.4, 0.5) is 4.39 Å². The van der Waals surface area contributed by atoms with E-state index in [1.807, 2.05) is 0 Å². The van der Waals surface area contributed by atoms with E-state index < -0.39 is 17.8 Å². The van der Waals surface area contributed by atoms with Crippen molar-refractivity contribution in [2.45, 2.75) is 32.1 Å². The number of nitrogens with zero attached hydrogens (tertiary/aromatic N) is 1. The number of hydrogen-bond acceptors (Lipinski definition) is 11. The Labute approximate surface area is 246 Å². The number of Topliss-reactive ketones (excluding diaryl/α,β-unsaturated/α-hetero) is 2. The first kappa shape index (κ1) is 30.7. The van der Waals surface area contributed by atoms with Crippen molar-refractivity contribution >= 4 is 66.5 Å². The maximum atomic E-state index is 15.4. The predicted octanol–water partition coefficient (Wildman–Crippen LogP) is 5.61. The summed E-state index contributed by atoms with van der Waals surface area (Å²) in [4.78, 5) is 51.3. The lowest BCUT2D eigenvalue weighted by Crippen LogP contribution is -2.08. The van der Waals surface area contributed by atoms with Gasteiger partial charge >= 0.3 is 11.9 Å². The first-order chi connectivity index (χ1) is 20.1. The van der Waals surface area contributed by atoms with E-state index in [4.69, 9.17) is 29.2 Å². The van der Waals surface area contributed by atoms with E-state index >= 15 is 4.39 Å². The molecule has 0 saturated carbocycles. The van der Waals surface area contributed by atoms with E-state index in [-0.39, 0.29) is 78.1 Å². The number of benzene rings is 1. The molecule has 1 aromatic carbocycles. The molecule has 0 spiro atoms. The maximum Gasteiger partial charge on any atom is 0.303 e. The number of carbonyl (C=O) groups excluding carboxylic acids is 2. The quantitative estimate of drug-likeness (QED) is 0.119. The fourth-order valence-corrected chi connectivity index (χ4v) is 5.98. The van der Waals surface area contributed by atoms with Crippen LogP contribution in [-0.2, 0) is 9.59 Å². The average Bonchev–Trinajstić information content (AvgIpc) is 3.59. The summed E-state index contributed by atoms with van der Waals surface area (Å²) in [6.45, 7) is 0.189. The van der Waals surface area contributed by atoms with Crippen LogP contribution in [0.25, 0.3) is 20.3 Å². The molecule has 14 heteroatoms. The molecule has 0 atom stereocenters. The lowest BCUT2D eigenvalue weighted by molar-refractivity contribution is -0.137. The standard InChI is InChI=1S/C28H26FNO10S2/c1-37-18-12-20-14(10-22(41-20)16(31)4-6-24(33)34)26(29)27(18)39-8-3-9-40-28-19(38-2)13-21-15(30-28)11-23(42-21)17(32)5-7-25(35)36/h10-13H,3-9H2,1-2H3,(H,33,34)(H,35,36). The van der Waals surface area contributed by atoms with Crippen molar-refractivity contribution in [1.82, 2.24) is 4.98 Å². The van der Waals surface area contributed by atoms with Crippen molar-refractivity contribution in [3.8, 4) is 23.1 Å². The number of carboxylic acids is 2. The Morgan fingerprint density at radius 3 is 1.98 bits per heavy atom. The smallest absolute Gasteiger partial charge is 0.303 e. The number of thiophene rings is 2. The van der Waals surface area contributed by atoms with Crippen molar-refractivity contribution in [2.75, 3.05) is 27.4 Å². The molecule has 3 aromatic heterocycles. The predicted molar refractivity (Wildman–Crippen MR) is 153 cm³/mol. The lowest BCUT2D eigenvalue weighted by atomic mass is 10.1. The second kappa shape index (κ2) is 13.6. The van der Waals surface area contributed by atoms with Crippen molar-refractivity contribution in [3.63, 3.8) is 0 Å². The topological polar surface area (TPSA) is 159 Å². The second-order valence-electron chi connectivity index (χ2n) is 8.92. The van der Waals surface area contributed by atoms with E-state index in [9.17, 15) is 19.2 Å². The molecular weight excluding hydrogens is 593 g/mol. The van der Waals surface area contributed by atoms with Gasteiger partial charge in [0.2, 0.25) is 0 Å². The largest absolute Gasteiger partial charge is 0.493 e. The Morgan fingerprint density at radius 1 is 0.786 bits per heavy atom. The molecule has 222 valence electrons. The Hall–Kier alpha value is -4.30. The van der Waals surface area contributed by atoms with E-state index in [2.05, 4.69) is 4.98 Å². The molecule has 11 nitrogen and oxygen atoms in total. The van der Waals surface area contributed by atoms with Gasteiger partial charge in [-0.2, -0.15) is 0 Å². The summed E-state index contributed by atoms with van der Waals surface area (Å²) < 4.78 is 38.6. The Morgan fingerprint density at radius 2 is 1.36 bits per heavy atom. The minimum absolute atomic E-state index is 0.0541. The fraction of sp³-hybridized carbons (Fsp3) is 0.321. The van der Waals surface area contributed by atoms with Crippen LogP contribution < -0.4 is 18.9 Å². The van der Waals surface area contributed by atoms with Crippen LogP contribution in [0.5, 0.6) is 23.1 Å². The molecule has 0 radical (unpaired) electrons. The highest BCUT2D eigenvalue weighted by Gasteiger charge is 2.21. The molecule has 0 amide bonds. The molecule has 0 aliphatic heterocycles. The highest BCUT2D eigenvalue weighted by atomic mass is 32.1. The average molecular weight is 620 g/mol. The third-order valence-electron chi connectivity index (χ3n) is 6.01.